The van der Waals surface area contributed by atoms with E-state index in [-0.39, 0.29) is 5.69 Å². The third-order valence-electron chi connectivity index (χ3n) is 4.14. The maximum atomic E-state index is 13.3. The normalized spacial score (nSPS) is 21.8. The van der Waals surface area contributed by atoms with Crippen molar-refractivity contribution in [2.45, 2.75) is 64.4 Å². The molecule has 1 aromatic rings. The second kappa shape index (κ2) is 6.77. The molecule has 1 unspecified atom stereocenters. The average molecular weight is 358 g/mol. The molecule has 0 spiro atoms. The van der Waals surface area contributed by atoms with Crippen LogP contribution in [0, 0.1) is 0 Å². The maximum Gasteiger partial charge on any atom is 0.418 e. The fourth-order valence-corrected chi connectivity index (χ4v) is 2.99. The second-order valence-corrected chi connectivity index (χ2v) is 7.53. The zero-order chi connectivity index (χ0) is 18.9. The lowest BCUT2D eigenvalue weighted by molar-refractivity contribution is -0.137. The van der Waals surface area contributed by atoms with Crippen LogP contribution in [0.25, 0.3) is 0 Å². The Morgan fingerprint density at radius 1 is 1.20 bits per heavy atom. The Kier molecular flexibility index (Phi) is 5.25. The highest BCUT2D eigenvalue weighted by Gasteiger charge is 2.41. The van der Waals surface area contributed by atoms with Gasteiger partial charge in [-0.05, 0) is 59.1 Å². The van der Waals surface area contributed by atoms with Gasteiger partial charge in [-0.2, -0.15) is 13.2 Å². The van der Waals surface area contributed by atoms with E-state index in [9.17, 15) is 18.0 Å². The summed E-state index contributed by atoms with van der Waals surface area (Å²) in [5, 5.41) is 2.95. The molecule has 1 aromatic carbocycles. The van der Waals surface area contributed by atoms with Crippen molar-refractivity contribution in [1.82, 2.24) is 4.90 Å². The van der Waals surface area contributed by atoms with Gasteiger partial charge in [0.05, 0.1) is 5.56 Å². The molecule has 1 atom stereocenters. The fourth-order valence-electron chi connectivity index (χ4n) is 2.99. The largest absolute Gasteiger partial charge is 0.444 e. The molecular weight excluding hydrogens is 333 g/mol. The summed E-state index contributed by atoms with van der Waals surface area (Å²) in [6.45, 7) is 7.46. The predicted octanol–water partition coefficient (Wildman–Crippen LogP) is 5.25. The molecule has 0 saturated carbocycles. The van der Waals surface area contributed by atoms with Crippen molar-refractivity contribution in [3.8, 4) is 0 Å². The van der Waals surface area contributed by atoms with Crippen molar-refractivity contribution in [3.05, 3.63) is 29.8 Å². The number of benzene rings is 1. The summed E-state index contributed by atoms with van der Waals surface area (Å²) in [6, 6.07) is 5.31. The third-order valence-corrected chi connectivity index (χ3v) is 4.14. The highest BCUT2D eigenvalue weighted by molar-refractivity contribution is 5.70. The highest BCUT2D eigenvalue weighted by Crippen LogP contribution is 2.38. The van der Waals surface area contributed by atoms with Crippen LogP contribution in [0.2, 0.25) is 0 Å². The first-order valence-electron chi connectivity index (χ1n) is 8.37. The first-order valence-corrected chi connectivity index (χ1v) is 8.37. The van der Waals surface area contributed by atoms with Gasteiger partial charge in [0.1, 0.15) is 11.3 Å². The number of carbonyl (C=O) groups is 1. The summed E-state index contributed by atoms with van der Waals surface area (Å²) in [4.78, 5) is 14.0. The quantitative estimate of drug-likeness (QED) is 0.785. The molecule has 0 aromatic heterocycles. The number of rotatable bonds is 2. The molecule has 0 aliphatic carbocycles. The monoisotopic (exact) mass is 358 g/mol. The van der Waals surface area contributed by atoms with Gasteiger partial charge >= 0.3 is 12.3 Å². The number of piperidine rings is 1. The van der Waals surface area contributed by atoms with E-state index in [0.717, 1.165) is 18.9 Å². The van der Waals surface area contributed by atoms with Gasteiger partial charge in [0.15, 0.2) is 0 Å². The zero-order valence-electron chi connectivity index (χ0n) is 15.0. The molecule has 1 aliphatic rings. The van der Waals surface area contributed by atoms with Gasteiger partial charge in [0.25, 0.3) is 0 Å². The van der Waals surface area contributed by atoms with E-state index in [1.165, 1.54) is 17.0 Å². The molecule has 140 valence electrons. The summed E-state index contributed by atoms with van der Waals surface area (Å²) in [7, 11) is 0. The molecule has 1 N–H and O–H groups in total. The predicted molar refractivity (Wildman–Crippen MR) is 90.3 cm³/mol. The minimum Gasteiger partial charge on any atom is -0.444 e. The van der Waals surface area contributed by atoms with E-state index < -0.39 is 29.1 Å². The Morgan fingerprint density at radius 2 is 1.84 bits per heavy atom. The zero-order valence-corrected chi connectivity index (χ0v) is 15.0. The number of alkyl halides is 3. The first-order chi connectivity index (χ1) is 11.4. The molecule has 0 bridgehead atoms. The summed E-state index contributed by atoms with van der Waals surface area (Å²) in [6.07, 6.45) is -2.84. The minimum absolute atomic E-state index is 0.0343. The van der Waals surface area contributed by atoms with Gasteiger partial charge in [-0.1, -0.05) is 12.1 Å². The van der Waals surface area contributed by atoms with Crippen molar-refractivity contribution in [2.24, 2.45) is 0 Å². The van der Waals surface area contributed by atoms with E-state index >= 15 is 0 Å². The number of nitrogens with one attached hydrogen (secondary N) is 1. The average Bonchev–Trinajstić information content (AvgIpc) is 2.44. The Morgan fingerprint density at radius 3 is 2.44 bits per heavy atom. The van der Waals surface area contributed by atoms with Crippen LogP contribution in [0.5, 0.6) is 0 Å². The van der Waals surface area contributed by atoms with Gasteiger partial charge in [-0.3, -0.25) is 4.90 Å². The summed E-state index contributed by atoms with van der Waals surface area (Å²) >= 11 is 0. The Balaban J connectivity index is 2.30. The summed E-state index contributed by atoms with van der Waals surface area (Å²) in [5.74, 6) is 0. The number of hydrogen-bond acceptors (Lipinski definition) is 3. The van der Waals surface area contributed by atoms with E-state index in [1.807, 2.05) is 0 Å². The molecule has 0 radical (unpaired) electrons. The van der Waals surface area contributed by atoms with Crippen LogP contribution in [-0.4, -0.2) is 28.8 Å². The molecule has 1 heterocycles. The number of hydrogen-bond donors (Lipinski definition) is 1. The van der Waals surface area contributed by atoms with Crippen LogP contribution in [-0.2, 0) is 10.9 Å². The molecule has 1 saturated heterocycles. The number of nitrogens with zero attached hydrogens (tertiary/aromatic N) is 1. The first kappa shape index (κ1) is 19.4. The lowest BCUT2D eigenvalue weighted by Gasteiger charge is -2.46. The molecule has 1 aliphatic heterocycles. The third kappa shape index (κ3) is 4.80. The van der Waals surface area contributed by atoms with Gasteiger partial charge in [0, 0.05) is 12.2 Å². The number of amides is 1. The standard InChI is InChI=1S/C18H25F3N2O2/c1-16(2,3)25-15(24)23-12-8-7-11-17(23,4)22-14-10-6-5-9-13(14)18(19,20)21/h5-6,9-10,22H,7-8,11-12H2,1-4H3. The van der Waals surface area contributed by atoms with Gasteiger partial charge in [-0.25, -0.2) is 4.79 Å². The summed E-state index contributed by atoms with van der Waals surface area (Å²) in [5.41, 5.74) is -2.39. The molecule has 25 heavy (non-hydrogen) atoms. The maximum absolute atomic E-state index is 13.3. The number of ether oxygens (including phenoxy) is 1. The molecule has 1 fully saturated rings. The van der Waals surface area contributed by atoms with Crippen molar-refractivity contribution < 1.29 is 22.7 Å². The molecule has 7 heteroatoms. The lowest BCUT2D eigenvalue weighted by atomic mass is 9.96. The SMILES string of the molecule is CC(C)(C)OC(=O)N1CCCCC1(C)Nc1ccccc1C(F)(F)F. The number of carbonyl (C=O) groups excluding carboxylic acids is 1. The van der Waals surface area contributed by atoms with E-state index in [0.29, 0.717) is 13.0 Å². The highest BCUT2D eigenvalue weighted by atomic mass is 19.4. The van der Waals surface area contributed by atoms with E-state index in [1.54, 1.807) is 33.8 Å². The Labute approximate surface area is 146 Å². The van der Waals surface area contributed by atoms with Crippen LogP contribution in [0.4, 0.5) is 23.7 Å². The van der Waals surface area contributed by atoms with Crippen LogP contribution >= 0.6 is 0 Å². The topological polar surface area (TPSA) is 41.6 Å². The van der Waals surface area contributed by atoms with Crippen LogP contribution in [0.15, 0.2) is 24.3 Å². The molecule has 2 rings (SSSR count). The summed E-state index contributed by atoms with van der Waals surface area (Å²) < 4.78 is 45.2. The van der Waals surface area contributed by atoms with Gasteiger partial charge in [0.2, 0.25) is 0 Å². The van der Waals surface area contributed by atoms with Crippen molar-refractivity contribution in [1.29, 1.82) is 0 Å². The molecule has 4 nitrogen and oxygen atoms in total. The number of likely N-dealkylation sites (tertiary alicyclic amines) is 1. The van der Waals surface area contributed by atoms with Crippen molar-refractivity contribution in [2.75, 3.05) is 11.9 Å². The fraction of sp³-hybridized carbons (Fsp3) is 0.611. The smallest absolute Gasteiger partial charge is 0.418 e. The molecular formula is C18H25F3N2O2. The minimum atomic E-state index is -4.47. The van der Waals surface area contributed by atoms with Crippen LogP contribution in [0.1, 0.15) is 52.5 Å². The Hall–Kier alpha value is -1.92. The Bertz CT molecular complexity index is 625. The van der Waals surface area contributed by atoms with Gasteiger partial charge in [-0.15, -0.1) is 0 Å². The number of halogens is 3. The van der Waals surface area contributed by atoms with Gasteiger partial charge < -0.3 is 10.1 Å². The van der Waals surface area contributed by atoms with Crippen LogP contribution < -0.4 is 5.32 Å². The van der Waals surface area contributed by atoms with Crippen LogP contribution in [0.3, 0.4) is 0 Å². The molecule has 1 amide bonds. The lowest BCUT2D eigenvalue weighted by Crippen LogP contribution is -2.58. The second-order valence-electron chi connectivity index (χ2n) is 7.53. The van der Waals surface area contributed by atoms with Crippen molar-refractivity contribution in [3.63, 3.8) is 0 Å². The van der Waals surface area contributed by atoms with Crippen molar-refractivity contribution >= 4 is 11.8 Å². The van der Waals surface area contributed by atoms with E-state index in [2.05, 4.69) is 5.32 Å². The van der Waals surface area contributed by atoms with E-state index in [4.69, 9.17) is 4.74 Å². The number of para-hydroxylation sites is 1. The number of anilines is 1.